The number of hydrogen-bond acceptors (Lipinski definition) is 5. The van der Waals surface area contributed by atoms with Crippen molar-refractivity contribution in [1.29, 1.82) is 0 Å². The molecule has 3 aromatic rings. The average molecular weight is 356 g/mol. The number of ether oxygens (including phenoxy) is 1. The lowest BCUT2D eigenvalue weighted by Crippen LogP contribution is -2.05. The van der Waals surface area contributed by atoms with Crippen LogP contribution in [0.4, 0.5) is 26.1 Å². The predicted molar refractivity (Wildman–Crippen MR) is 96.7 cm³/mol. The second-order valence-corrected chi connectivity index (χ2v) is 5.64. The molecule has 134 valence electrons. The van der Waals surface area contributed by atoms with Crippen LogP contribution in [0.1, 0.15) is 11.4 Å². The molecule has 0 spiro atoms. The average Bonchev–Trinajstić information content (AvgIpc) is 2.63. The third-order valence-corrected chi connectivity index (χ3v) is 3.66. The van der Waals surface area contributed by atoms with E-state index in [1.54, 1.807) is 20.1 Å². The summed E-state index contributed by atoms with van der Waals surface area (Å²) < 4.78 is 31.5. The molecule has 3 rings (SSSR count). The molecule has 2 N–H and O–H groups in total. The predicted octanol–water partition coefficient (Wildman–Crippen LogP) is 4.43. The highest BCUT2D eigenvalue weighted by Gasteiger charge is 2.06. The first-order valence-electron chi connectivity index (χ1n) is 7.98. The van der Waals surface area contributed by atoms with Gasteiger partial charge in [0.25, 0.3) is 0 Å². The normalized spacial score (nSPS) is 10.5. The van der Waals surface area contributed by atoms with Gasteiger partial charge in [-0.15, -0.1) is 0 Å². The SMILES string of the molecule is COc1ccc(CNc2cc(Nc3ccc(F)c(F)c3)nc(C)n2)cc1. The molecule has 0 aliphatic carbocycles. The molecule has 0 atom stereocenters. The van der Waals surface area contributed by atoms with Crippen molar-refractivity contribution in [3.8, 4) is 5.75 Å². The van der Waals surface area contributed by atoms with Gasteiger partial charge < -0.3 is 15.4 Å². The zero-order valence-electron chi connectivity index (χ0n) is 14.4. The monoisotopic (exact) mass is 356 g/mol. The second-order valence-electron chi connectivity index (χ2n) is 5.64. The third kappa shape index (κ3) is 4.44. The molecule has 0 aliphatic rings. The van der Waals surface area contributed by atoms with Crippen LogP contribution in [0.2, 0.25) is 0 Å². The number of anilines is 3. The highest BCUT2D eigenvalue weighted by Crippen LogP contribution is 2.20. The molecule has 0 saturated carbocycles. The van der Waals surface area contributed by atoms with Crippen LogP contribution in [0.15, 0.2) is 48.5 Å². The molecule has 0 fully saturated rings. The smallest absolute Gasteiger partial charge is 0.160 e. The highest BCUT2D eigenvalue weighted by molar-refractivity contribution is 5.59. The van der Waals surface area contributed by atoms with Gasteiger partial charge in [-0.25, -0.2) is 18.7 Å². The van der Waals surface area contributed by atoms with Crippen molar-refractivity contribution < 1.29 is 13.5 Å². The minimum atomic E-state index is -0.918. The summed E-state index contributed by atoms with van der Waals surface area (Å²) in [4.78, 5) is 8.60. The van der Waals surface area contributed by atoms with Crippen LogP contribution in [-0.4, -0.2) is 17.1 Å². The van der Waals surface area contributed by atoms with Crippen LogP contribution >= 0.6 is 0 Å². The van der Waals surface area contributed by atoms with Gasteiger partial charge in [0.1, 0.15) is 23.2 Å². The van der Waals surface area contributed by atoms with Crippen LogP contribution < -0.4 is 15.4 Å². The van der Waals surface area contributed by atoms with E-state index < -0.39 is 11.6 Å². The van der Waals surface area contributed by atoms with Crippen LogP contribution in [-0.2, 0) is 6.54 Å². The maximum atomic E-state index is 13.3. The Kier molecular flexibility index (Phi) is 5.26. The fraction of sp³-hybridized carbons (Fsp3) is 0.158. The van der Waals surface area contributed by atoms with Crippen LogP contribution in [0.25, 0.3) is 0 Å². The van der Waals surface area contributed by atoms with E-state index in [1.807, 2.05) is 24.3 Å². The van der Waals surface area contributed by atoms with Gasteiger partial charge in [-0.05, 0) is 36.8 Å². The lowest BCUT2D eigenvalue weighted by Gasteiger charge is -2.11. The van der Waals surface area contributed by atoms with Crippen molar-refractivity contribution in [2.24, 2.45) is 0 Å². The summed E-state index contributed by atoms with van der Waals surface area (Å²) in [6.07, 6.45) is 0. The maximum Gasteiger partial charge on any atom is 0.160 e. The van der Waals surface area contributed by atoms with Gasteiger partial charge in [-0.3, -0.25) is 0 Å². The van der Waals surface area contributed by atoms with E-state index in [-0.39, 0.29) is 0 Å². The summed E-state index contributed by atoms with van der Waals surface area (Å²) >= 11 is 0. The van der Waals surface area contributed by atoms with Crippen molar-refractivity contribution in [3.05, 3.63) is 71.6 Å². The van der Waals surface area contributed by atoms with E-state index in [9.17, 15) is 8.78 Å². The Labute approximate surface area is 150 Å². The van der Waals surface area contributed by atoms with Gasteiger partial charge in [0.15, 0.2) is 11.6 Å². The molecule has 26 heavy (non-hydrogen) atoms. The standard InChI is InChI=1S/C19H18F2N4O/c1-12-23-18(22-11-13-3-6-15(26-2)7-4-13)10-19(24-12)25-14-5-8-16(20)17(21)9-14/h3-10H,11H2,1-2H3,(H2,22,23,24,25). The van der Waals surface area contributed by atoms with Crippen molar-refractivity contribution in [2.45, 2.75) is 13.5 Å². The van der Waals surface area contributed by atoms with Crippen LogP contribution in [0.3, 0.4) is 0 Å². The van der Waals surface area contributed by atoms with E-state index in [0.717, 1.165) is 23.4 Å². The zero-order chi connectivity index (χ0) is 18.5. The number of benzene rings is 2. The molecular weight excluding hydrogens is 338 g/mol. The zero-order valence-corrected chi connectivity index (χ0v) is 14.4. The highest BCUT2D eigenvalue weighted by atomic mass is 19.2. The quantitative estimate of drug-likeness (QED) is 0.684. The minimum Gasteiger partial charge on any atom is -0.497 e. The number of halogens is 2. The third-order valence-electron chi connectivity index (χ3n) is 3.66. The Bertz CT molecular complexity index is 901. The summed E-state index contributed by atoms with van der Waals surface area (Å²) in [7, 11) is 1.62. The molecule has 0 saturated heterocycles. The molecule has 1 heterocycles. The van der Waals surface area contributed by atoms with E-state index in [4.69, 9.17) is 4.74 Å². The maximum absolute atomic E-state index is 13.3. The number of aryl methyl sites for hydroxylation is 1. The summed E-state index contributed by atoms with van der Waals surface area (Å²) in [5, 5.41) is 6.17. The van der Waals surface area contributed by atoms with Gasteiger partial charge in [0, 0.05) is 24.4 Å². The number of nitrogens with one attached hydrogen (secondary N) is 2. The molecule has 1 aromatic heterocycles. The molecule has 0 amide bonds. The minimum absolute atomic E-state index is 0.406. The molecule has 0 aliphatic heterocycles. The number of aromatic nitrogens is 2. The van der Waals surface area contributed by atoms with Crippen molar-refractivity contribution in [2.75, 3.05) is 17.7 Å². The summed E-state index contributed by atoms with van der Waals surface area (Å²) in [5.74, 6) is 0.647. The fourth-order valence-corrected chi connectivity index (χ4v) is 2.38. The lowest BCUT2D eigenvalue weighted by atomic mass is 10.2. The Morgan fingerprint density at radius 2 is 1.65 bits per heavy atom. The van der Waals surface area contributed by atoms with Crippen LogP contribution in [0, 0.1) is 18.6 Å². The van der Waals surface area contributed by atoms with Gasteiger partial charge >= 0.3 is 0 Å². The van der Waals surface area contributed by atoms with Crippen molar-refractivity contribution in [1.82, 2.24) is 9.97 Å². The summed E-state index contributed by atoms with van der Waals surface area (Å²) in [6.45, 7) is 2.33. The summed E-state index contributed by atoms with van der Waals surface area (Å²) in [6, 6.07) is 13.0. The van der Waals surface area contributed by atoms with Gasteiger partial charge in [-0.1, -0.05) is 12.1 Å². The Morgan fingerprint density at radius 3 is 2.35 bits per heavy atom. The number of nitrogens with zero attached hydrogens (tertiary/aromatic N) is 2. The Morgan fingerprint density at radius 1 is 0.923 bits per heavy atom. The molecular formula is C19H18F2N4O. The molecule has 5 nitrogen and oxygen atoms in total. The van der Waals surface area contributed by atoms with Crippen molar-refractivity contribution >= 4 is 17.3 Å². The number of methoxy groups -OCH3 is 1. The van der Waals surface area contributed by atoms with E-state index in [2.05, 4.69) is 20.6 Å². The Balaban J connectivity index is 1.71. The first kappa shape index (κ1) is 17.6. The first-order valence-corrected chi connectivity index (χ1v) is 7.98. The second kappa shape index (κ2) is 7.77. The van der Waals surface area contributed by atoms with Gasteiger partial charge in [0.05, 0.1) is 7.11 Å². The Hall–Kier alpha value is -3.22. The van der Waals surface area contributed by atoms with E-state index in [1.165, 1.54) is 6.07 Å². The topological polar surface area (TPSA) is 59.1 Å². The molecule has 0 unspecified atom stereocenters. The molecule has 7 heteroatoms. The fourth-order valence-electron chi connectivity index (χ4n) is 2.38. The van der Waals surface area contributed by atoms with Gasteiger partial charge in [0.2, 0.25) is 0 Å². The van der Waals surface area contributed by atoms with E-state index >= 15 is 0 Å². The van der Waals surface area contributed by atoms with Crippen LogP contribution in [0.5, 0.6) is 5.75 Å². The van der Waals surface area contributed by atoms with Gasteiger partial charge in [-0.2, -0.15) is 0 Å². The first-order chi connectivity index (χ1) is 12.5. The summed E-state index contributed by atoms with van der Waals surface area (Å²) in [5.41, 5.74) is 1.47. The number of hydrogen-bond donors (Lipinski definition) is 2. The molecule has 0 bridgehead atoms. The van der Waals surface area contributed by atoms with Crippen molar-refractivity contribution in [3.63, 3.8) is 0 Å². The van der Waals surface area contributed by atoms with E-state index in [0.29, 0.717) is 29.7 Å². The molecule has 2 aromatic carbocycles. The molecule has 0 radical (unpaired) electrons. The number of rotatable bonds is 6. The largest absolute Gasteiger partial charge is 0.497 e. The lowest BCUT2D eigenvalue weighted by molar-refractivity contribution is 0.414.